The highest BCUT2D eigenvalue weighted by molar-refractivity contribution is 5.44. The zero-order valence-electron chi connectivity index (χ0n) is 11.9. The van der Waals surface area contributed by atoms with Crippen molar-refractivity contribution in [3.63, 3.8) is 0 Å². The summed E-state index contributed by atoms with van der Waals surface area (Å²) in [6.45, 7) is 3.56. The Kier molecular flexibility index (Phi) is 5.05. The summed E-state index contributed by atoms with van der Waals surface area (Å²) in [6.07, 6.45) is 2.03. The molecule has 1 aromatic carbocycles. The molecule has 4 nitrogen and oxygen atoms in total. The third-order valence-corrected chi connectivity index (χ3v) is 3.52. The van der Waals surface area contributed by atoms with Gasteiger partial charge in [-0.25, -0.2) is 0 Å². The topological polar surface area (TPSA) is 39.7 Å². The second kappa shape index (κ2) is 6.78. The summed E-state index contributed by atoms with van der Waals surface area (Å²) in [5.74, 6) is 1.67. The van der Waals surface area contributed by atoms with Crippen LogP contribution in [0.2, 0.25) is 0 Å². The van der Waals surface area contributed by atoms with Crippen molar-refractivity contribution in [1.82, 2.24) is 5.32 Å². The Balaban J connectivity index is 2.26. The van der Waals surface area contributed by atoms with Crippen molar-refractivity contribution in [3.05, 3.63) is 23.8 Å². The molecule has 19 heavy (non-hydrogen) atoms. The quantitative estimate of drug-likeness (QED) is 0.888. The number of likely N-dealkylation sites (N-methyl/N-ethyl adjacent to an activating group) is 1. The van der Waals surface area contributed by atoms with Gasteiger partial charge in [-0.3, -0.25) is 0 Å². The molecule has 0 amide bonds. The van der Waals surface area contributed by atoms with Gasteiger partial charge in [0.15, 0.2) is 11.5 Å². The molecule has 0 fully saturated rings. The molecule has 4 heteroatoms. The highest BCUT2D eigenvalue weighted by Gasteiger charge is 2.22. The third kappa shape index (κ3) is 3.19. The highest BCUT2D eigenvalue weighted by Crippen LogP contribution is 2.33. The van der Waals surface area contributed by atoms with Crippen LogP contribution >= 0.6 is 0 Å². The summed E-state index contributed by atoms with van der Waals surface area (Å²) >= 11 is 0. The van der Waals surface area contributed by atoms with Crippen molar-refractivity contribution in [3.8, 4) is 11.5 Å². The fourth-order valence-electron chi connectivity index (χ4n) is 2.48. The van der Waals surface area contributed by atoms with Crippen LogP contribution in [0.4, 0.5) is 0 Å². The molecular weight excluding hydrogens is 242 g/mol. The van der Waals surface area contributed by atoms with Crippen LogP contribution in [-0.2, 0) is 4.74 Å². The van der Waals surface area contributed by atoms with E-state index in [1.807, 2.05) is 13.1 Å². The smallest absolute Gasteiger partial charge is 0.161 e. The van der Waals surface area contributed by atoms with Crippen LogP contribution in [0.25, 0.3) is 0 Å². The SMILES string of the molecule is CCC(OC)C(NC)c1ccc2c(c1)OCCCO2. The molecule has 0 saturated heterocycles. The number of ether oxygens (including phenoxy) is 3. The third-order valence-electron chi connectivity index (χ3n) is 3.52. The van der Waals surface area contributed by atoms with Gasteiger partial charge in [0.1, 0.15) is 0 Å². The monoisotopic (exact) mass is 265 g/mol. The van der Waals surface area contributed by atoms with Crippen LogP contribution in [0.1, 0.15) is 31.4 Å². The predicted octanol–water partition coefficient (Wildman–Crippen LogP) is 2.53. The van der Waals surface area contributed by atoms with Gasteiger partial charge in [0.2, 0.25) is 0 Å². The Morgan fingerprint density at radius 3 is 2.63 bits per heavy atom. The van der Waals surface area contributed by atoms with Crippen molar-refractivity contribution in [2.24, 2.45) is 0 Å². The Labute approximate surface area is 115 Å². The van der Waals surface area contributed by atoms with Crippen LogP contribution in [0.15, 0.2) is 18.2 Å². The lowest BCUT2D eigenvalue weighted by Gasteiger charge is -2.25. The molecule has 0 aliphatic carbocycles. The van der Waals surface area contributed by atoms with Gasteiger partial charge in [-0.1, -0.05) is 13.0 Å². The minimum Gasteiger partial charge on any atom is -0.490 e. The van der Waals surface area contributed by atoms with Crippen molar-refractivity contribution in [2.75, 3.05) is 27.4 Å². The lowest BCUT2D eigenvalue weighted by Crippen LogP contribution is -2.30. The molecule has 2 unspecified atom stereocenters. The van der Waals surface area contributed by atoms with E-state index in [1.165, 1.54) is 5.56 Å². The normalized spacial score (nSPS) is 17.6. The molecule has 1 aromatic rings. The predicted molar refractivity (Wildman–Crippen MR) is 74.9 cm³/mol. The Hall–Kier alpha value is -1.26. The van der Waals surface area contributed by atoms with Gasteiger partial charge in [0.05, 0.1) is 25.4 Å². The molecule has 0 spiro atoms. The number of hydrogen-bond acceptors (Lipinski definition) is 4. The molecule has 2 atom stereocenters. The van der Waals surface area contributed by atoms with E-state index in [0.29, 0.717) is 6.61 Å². The summed E-state index contributed by atoms with van der Waals surface area (Å²) in [5.41, 5.74) is 1.17. The molecule has 0 radical (unpaired) electrons. The summed E-state index contributed by atoms with van der Waals surface area (Å²) in [6, 6.07) is 6.29. The van der Waals surface area contributed by atoms with Crippen molar-refractivity contribution >= 4 is 0 Å². The highest BCUT2D eigenvalue weighted by atomic mass is 16.5. The van der Waals surface area contributed by atoms with E-state index < -0.39 is 0 Å². The minimum atomic E-state index is 0.148. The van der Waals surface area contributed by atoms with Gasteiger partial charge in [0.25, 0.3) is 0 Å². The standard InChI is InChI=1S/C15H23NO3/c1-4-12(17-3)15(16-2)11-6-7-13-14(10-11)19-9-5-8-18-13/h6-7,10,12,15-16H,4-5,8-9H2,1-3H3. The molecular formula is C15H23NO3. The fourth-order valence-corrected chi connectivity index (χ4v) is 2.48. The van der Waals surface area contributed by atoms with Crippen LogP contribution in [0, 0.1) is 0 Å². The van der Waals surface area contributed by atoms with Crippen LogP contribution < -0.4 is 14.8 Å². The number of nitrogens with one attached hydrogen (secondary N) is 1. The number of rotatable bonds is 5. The molecule has 0 bridgehead atoms. The molecule has 1 aliphatic rings. The summed E-state index contributed by atoms with van der Waals surface area (Å²) in [7, 11) is 3.71. The van der Waals surface area contributed by atoms with Crippen LogP contribution in [-0.4, -0.2) is 33.5 Å². The Bertz CT molecular complexity index is 404. The van der Waals surface area contributed by atoms with E-state index in [2.05, 4.69) is 24.4 Å². The minimum absolute atomic E-state index is 0.148. The van der Waals surface area contributed by atoms with Crippen LogP contribution in [0.3, 0.4) is 0 Å². The van der Waals surface area contributed by atoms with E-state index in [-0.39, 0.29) is 12.1 Å². The van der Waals surface area contributed by atoms with Crippen LogP contribution in [0.5, 0.6) is 11.5 Å². The second-order valence-corrected chi connectivity index (χ2v) is 4.71. The van der Waals surface area contributed by atoms with Gasteiger partial charge in [-0.2, -0.15) is 0 Å². The van der Waals surface area contributed by atoms with Gasteiger partial charge < -0.3 is 19.5 Å². The first kappa shape index (κ1) is 14.2. The van der Waals surface area contributed by atoms with Gasteiger partial charge >= 0.3 is 0 Å². The van der Waals surface area contributed by atoms with Gasteiger partial charge in [-0.15, -0.1) is 0 Å². The van der Waals surface area contributed by atoms with E-state index in [9.17, 15) is 0 Å². The fraction of sp³-hybridized carbons (Fsp3) is 0.600. The maximum atomic E-state index is 5.74. The van der Waals surface area contributed by atoms with Crippen molar-refractivity contribution in [2.45, 2.75) is 31.9 Å². The molecule has 2 rings (SSSR count). The Morgan fingerprint density at radius 1 is 1.26 bits per heavy atom. The van der Waals surface area contributed by atoms with E-state index >= 15 is 0 Å². The summed E-state index contributed by atoms with van der Waals surface area (Å²) in [4.78, 5) is 0. The molecule has 0 saturated carbocycles. The number of benzene rings is 1. The lowest BCUT2D eigenvalue weighted by molar-refractivity contribution is 0.0675. The van der Waals surface area contributed by atoms with Gasteiger partial charge in [0, 0.05) is 13.5 Å². The number of hydrogen-bond donors (Lipinski definition) is 1. The zero-order valence-corrected chi connectivity index (χ0v) is 11.9. The largest absolute Gasteiger partial charge is 0.490 e. The molecule has 1 N–H and O–H groups in total. The number of methoxy groups -OCH3 is 1. The zero-order chi connectivity index (χ0) is 13.7. The second-order valence-electron chi connectivity index (χ2n) is 4.71. The molecule has 1 heterocycles. The average molecular weight is 265 g/mol. The van der Waals surface area contributed by atoms with Crippen molar-refractivity contribution in [1.29, 1.82) is 0 Å². The maximum Gasteiger partial charge on any atom is 0.161 e. The van der Waals surface area contributed by atoms with Gasteiger partial charge in [-0.05, 0) is 31.2 Å². The first-order valence-electron chi connectivity index (χ1n) is 6.89. The lowest BCUT2D eigenvalue weighted by atomic mass is 9.99. The molecule has 1 aliphatic heterocycles. The van der Waals surface area contributed by atoms with E-state index in [1.54, 1.807) is 7.11 Å². The van der Waals surface area contributed by atoms with Crippen molar-refractivity contribution < 1.29 is 14.2 Å². The summed E-state index contributed by atoms with van der Waals surface area (Å²) in [5, 5.41) is 3.32. The molecule has 106 valence electrons. The molecule has 0 aromatic heterocycles. The van der Waals surface area contributed by atoms with E-state index in [0.717, 1.165) is 30.9 Å². The first-order valence-corrected chi connectivity index (χ1v) is 6.89. The van der Waals surface area contributed by atoms with E-state index in [4.69, 9.17) is 14.2 Å². The first-order chi connectivity index (χ1) is 9.30. The Morgan fingerprint density at radius 2 is 2.00 bits per heavy atom. The summed E-state index contributed by atoms with van der Waals surface area (Å²) < 4.78 is 16.9. The average Bonchev–Trinajstić information content (AvgIpc) is 2.69. The maximum absolute atomic E-state index is 5.74. The number of fused-ring (bicyclic) bond motifs is 1.